The van der Waals surface area contributed by atoms with Crippen molar-refractivity contribution in [3.63, 3.8) is 0 Å². The first-order valence-corrected chi connectivity index (χ1v) is 7.19. The first-order valence-electron chi connectivity index (χ1n) is 6.31. The van der Waals surface area contributed by atoms with E-state index in [1.807, 2.05) is 50.8 Å². The molecule has 0 aliphatic carbocycles. The van der Waals surface area contributed by atoms with Crippen LogP contribution in [-0.2, 0) is 4.79 Å². The molecule has 1 aromatic rings. The maximum atomic E-state index is 12.2. The van der Waals surface area contributed by atoms with Gasteiger partial charge in [-0.25, -0.2) is 0 Å². The van der Waals surface area contributed by atoms with Gasteiger partial charge in [0.1, 0.15) is 0 Å². The van der Waals surface area contributed by atoms with Crippen molar-refractivity contribution in [1.82, 2.24) is 4.90 Å². The van der Waals surface area contributed by atoms with Crippen LogP contribution in [0, 0.1) is 6.92 Å². The van der Waals surface area contributed by atoms with Crippen molar-refractivity contribution in [3.05, 3.63) is 23.8 Å². The van der Waals surface area contributed by atoms with Crippen LogP contribution in [0.2, 0.25) is 0 Å². The number of carbonyl (C=O) groups excluding carboxylic acids is 1. The minimum absolute atomic E-state index is 0.102. The summed E-state index contributed by atoms with van der Waals surface area (Å²) < 4.78 is 0. The Morgan fingerprint density at radius 2 is 2.00 bits per heavy atom. The summed E-state index contributed by atoms with van der Waals surface area (Å²) in [5.74, 6) is 0.171. The van der Waals surface area contributed by atoms with Gasteiger partial charge in [0.2, 0.25) is 5.91 Å². The summed E-state index contributed by atoms with van der Waals surface area (Å²) in [6, 6.07) is 5.95. The standard InChI is InChI=1S/C14H22N2OS/c1-5-16(6-2)14(17)11(4)18-13-8-7-10(3)9-12(13)15/h7-9,11H,5-6,15H2,1-4H3. The smallest absolute Gasteiger partial charge is 0.235 e. The number of benzene rings is 1. The molecule has 18 heavy (non-hydrogen) atoms. The Labute approximate surface area is 114 Å². The Hall–Kier alpha value is -1.16. The summed E-state index contributed by atoms with van der Waals surface area (Å²) in [6.07, 6.45) is 0. The Bertz CT molecular complexity index is 416. The van der Waals surface area contributed by atoms with Crippen molar-refractivity contribution in [1.29, 1.82) is 0 Å². The van der Waals surface area contributed by atoms with E-state index in [-0.39, 0.29) is 11.2 Å². The Balaban J connectivity index is 2.75. The maximum absolute atomic E-state index is 12.2. The Morgan fingerprint density at radius 1 is 1.39 bits per heavy atom. The molecule has 0 aromatic heterocycles. The monoisotopic (exact) mass is 266 g/mol. The number of hydrogen-bond donors (Lipinski definition) is 1. The third kappa shape index (κ3) is 3.67. The fourth-order valence-electron chi connectivity index (χ4n) is 1.81. The predicted molar refractivity (Wildman–Crippen MR) is 78.8 cm³/mol. The number of rotatable bonds is 5. The molecular formula is C14H22N2OS. The van der Waals surface area contributed by atoms with Crippen LogP contribution in [0.5, 0.6) is 0 Å². The zero-order chi connectivity index (χ0) is 13.7. The lowest BCUT2D eigenvalue weighted by Crippen LogP contribution is -2.36. The fraction of sp³-hybridized carbons (Fsp3) is 0.500. The first kappa shape index (κ1) is 14.9. The molecule has 4 heteroatoms. The summed E-state index contributed by atoms with van der Waals surface area (Å²) in [7, 11) is 0. The van der Waals surface area contributed by atoms with E-state index in [1.165, 1.54) is 11.8 Å². The second-order valence-corrected chi connectivity index (χ2v) is 5.69. The molecule has 0 aliphatic heterocycles. The molecule has 1 rings (SSSR count). The van der Waals surface area contributed by atoms with Crippen LogP contribution in [0.1, 0.15) is 26.3 Å². The van der Waals surface area contributed by atoms with E-state index in [1.54, 1.807) is 0 Å². The third-order valence-corrected chi connectivity index (χ3v) is 4.07. The summed E-state index contributed by atoms with van der Waals surface area (Å²) in [4.78, 5) is 15.0. The Morgan fingerprint density at radius 3 is 2.50 bits per heavy atom. The van der Waals surface area contributed by atoms with E-state index in [4.69, 9.17) is 5.73 Å². The van der Waals surface area contributed by atoms with Crippen LogP contribution in [0.4, 0.5) is 5.69 Å². The average molecular weight is 266 g/mol. The van der Waals surface area contributed by atoms with Crippen LogP contribution in [0.25, 0.3) is 0 Å². The number of aryl methyl sites for hydroxylation is 1. The van der Waals surface area contributed by atoms with E-state index >= 15 is 0 Å². The third-order valence-electron chi connectivity index (χ3n) is 2.89. The van der Waals surface area contributed by atoms with E-state index in [9.17, 15) is 4.79 Å². The van der Waals surface area contributed by atoms with Crippen molar-refractivity contribution in [3.8, 4) is 0 Å². The van der Waals surface area contributed by atoms with Crippen molar-refractivity contribution in [2.75, 3.05) is 18.8 Å². The molecule has 0 radical (unpaired) electrons. The number of carbonyl (C=O) groups is 1. The fourth-order valence-corrected chi connectivity index (χ4v) is 2.78. The minimum Gasteiger partial charge on any atom is -0.398 e. The highest BCUT2D eigenvalue weighted by molar-refractivity contribution is 8.00. The van der Waals surface area contributed by atoms with Gasteiger partial charge in [0.15, 0.2) is 0 Å². The van der Waals surface area contributed by atoms with Crippen molar-refractivity contribution in [2.24, 2.45) is 0 Å². The van der Waals surface area contributed by atoms with Gasteiger partial charge in [0.25, 0.3) is 0 Å². The number of nitrogens with zero attached hydrogens (tertiary/aromatic N) is 1. The largest absolute Gasteiger partial charge is 0.398 e. The van der Waals surface area contributed by atoms with Crippen LogP contribution in [0.15, 0.2) is 23.1 Å². The summed E-state index contributed by atoms with van der Waals surface area (Å²) in [5, 5.41) is -0.102. The first-order chi connectivity index (χ1) is 8.49. The number of thioether (sulfide) groups is 1. The van der Waals surface area contributed by atoms with Gasteiger partial charge in [-0.3, -0.25) is 4.79 Å². The lowest BCUT2D eigenvalue weighted by Gasteiger charge is -2.22. The number of hydrogen-bond acceptors (Lipinski definition) is 3. The molecule has 0 fully saturated rings. The van der Waals surface area contributed by atoms with Crippen LogP contribution >= 0.6 is 11.8 Å². The molecule has 1 atom stereocenters. The van der Waals surface area contributed by atoms with Gasteiger partial charge in [0.05, 0.1) is 5.25 Å². The van der Waals surface area contributed by atoms with Gasteiger partial charge >= 0.3 is 0 Å². The lowest BCUT2D eigenvalue weighted by atomic mass is 10.2. The van der Waals surface area contributed by atoms with Crippen LogP contribution in [-0.4, -0.2) is 29.1 Å². The Kier molecular flexibility index (Phi) is 5.54. The normalized spacial score (nSPS) is 12.2. The molecule has 1 aromatic carbocycles. The van der Waals surface area contributed by atoms with Gasteiger partial charge in [-0.05, 0) is 45.4 Å². The highest BCUT2D eigenvalue weighted by Crippen LogP contribution is 2.30. The van der Waals surface area contributed by atoms with Crippen LogP contribution < -0.4 is 5.73 Å². The molecule has 3 nitrogen and oxygen atoms in total. The molecule has 0 heterocycles. The second-order valence-electron chi connectivity index (χ2n) is 4.31. The number of nitrogens with two attached hydrogens (primary N) is 1. The molecule has 0 saturated heterocycles. The van der Waals surface area contributed by atoms with E-state index < -0.39 is 0 Å². The zero-order valence-electron chi connectivity index (χ0n) is 11.6. The predicted octanol–water partition coefficient (Wildman–Crippen LogP) is 2.93. The molecule has 0 bridgehead atoms. The topological polar surface area (TPSA) is 46.3 Å². The van der Waals surface area contributed by atoms with Crippen molar-refractivity contribution < 1.29 is 4.79 Å². The molecule has 0 saturated carbocycles. The van der Waals surface area contributed by atoms with Gasteiger partial charge in [-0.15, -0.1) is 11.8 Å². The van der Waals surface area contributed by atoms with Gasteiger partial charge in [0, 0.05) is 23.7 Å². The van der Waals surface area contributed by atoms with Gasteiger partial charge in [-0.1, -0.05) is 6.07 Å². The van der Waals surface area contributed by atoms with Crippen molar-refractivity contribution in [2.45, 2.75) is 37.8 Å². The maximum Gasteiger partial charge on any atom is 0.235 e. The molecule has 0 spiro atoms. The quantitative estimate of drug-likeness (QED) is 0.658. The minimum atomic E-state index is -0.102. The van der Waals surface area contributed by atoms with Gasteiger partial charge in [-0.2, -0.15) is 0 Å². The zero-order valence-corrected chi connectivity index (χ0v) is 12.4. The number of anilines is 1. The second kappa shape index (κ2) is 6.69. The highest BCUT2D eigenvalue weighted by Gasteiger charge is 2.19. The molecule has 0 aliphatic rings. The SMILES string of the molecule is CCN(CC)C(=O)C(C)Sc1ccc(C)cc1N. The van der Waals surface area contributed by atoms with Gasteiger partial charge < -0.3 is 10.6 Å². The molecule has 2 N–H and O–H groups in total. The van der Waals surface area contributed by atoms with Crippen molar-refractivity contribution >= 4 is 23.4 Å². The highest BCUT2D eigenvalue weighted by atomic mass is 32.2. The van der Waals surface area contributed by atoms with E-state index in [0.717, 1.165) is 29.2 Å². The lowest BCUT2D eigenvalue weighted by molar-refractivity contribution is -0.129. The average Bonchev–Trinajstić information content (AvgIpc) is 2.34. The summed E-state index contributed by atoms with van der Waals surface area (Å²) in [6.45, 7) is 9.45. The molecule has 1 amide bonds. The number of nitrogen functional groups attached to an aromatic ring is 1. The number of amides is 1. The molecule has 100 valence electrons. The van der Waals surface area contributed by atoms with E-state index in [0.29, 0.717) is 0 Å². The molecular weight excluding hydrogens is 244 g/mol. The van der Waals surface area contributed by atoms with E-state index in [2.05, 4.69) is 0 Å². The molecule has 1 unspecified atom stereocenters. The summed E-state index contributed by atoms with van der Waals surface area (Å²) >= 11 is 1.53. The summed E-state index contributed by atoms with van der Waals surface area (Å²) in [5.41, 5.74) is 7.85. The van der Waals surface area contributed by atoms with Crippen LogP contribution in [0.3, 0.4) is 0 Å².